The Morgan fingerprint density at radius 1 is 1.11 bits per heavy atom. The van der Waals surface area contributed by atoms with Crippen molar-refractivity contribution in [1.29, 1.82) is 0 Å². The first kappa shape index (κ1) is 18.6. The Labute approximate surface area is 159 Å². The third kappa shape index (κ3) is 4.15. The van der Waals surface area contributed by atoms with Crippen LogP contribution in [-0.2, 0) is 0 Å². The van der Waals surface area contributed by atoms with Gasteiger partial charge in [0, 0.05) is 16.5 Å². The number of thiophene rings is 1. The van der Waals surface area contributed by atoms with Crippen LogP contribution in [0.1, 0.15) is 27.6 Å². The molecule has 0 unspecified atom stereocenters. The molecule has 0 aliphatic heterocycles. The van der Waals surface area contributed by atoms with Crippen LogP contribution >= 0.6 is 11.3 Å². The summed E-state index contributed by atoms with van der Waals surface area (Å²) in [4.78, 5) is 24.1. The van der Waals surface area contributed by atoms with Crippen LogP contribution in [0, 0.1) is 5.82 Å². The van der Waals surface area contributed by atoms with E-state index in [4.69, 9.17) is 4.74 Å². The number of amides is 1. The summed E-state index contributed by atoms with van der Waals surface area (Å²) in [6.45, 7) is 2.42. The molecule has 27 heavy (non-hydrogen) atoms. The molecule has 7 heteroatoms. The van der Waals surface area contributed by atoms with E-state index in [1.807, 2.05) is 6.92 Å². The largest absolute Gasteiger partial charge is 0.494 e. The molecule has 1 heterocycles. The van der Waals surface area contributed by atoms with Crippen molar-refractivity contribution in [3.63, 3.8) is 0 Å². The monoisotopic (exact) mass is 385 g/mol. The van der Waals surface area contributed by atoms with E-state index < -0.39 is 17.7 Å². The van der Waals surface area contributed by atoms with Crippen molar-refractivity contribution < 1.29 is 23.8 Å². The molecule has 1 amide bonds. The van der Waals surface area contributed by atoms with E-state index in [0.29, 0.717) is 23.5 Å². The predicted molar refractivity (Wildman–Crippen MR) is 102 cm³/mol. The number of carboxylic acid groups (broad SMARTS) is 1. The Bertz CT molecular complexity index is 965. The van der Waals surface area contributed by atoms with Crippen molar-refractivity contribution in [2.45, 2.75) is 6.92 Å². The van der Waals surface area contributed by atoms with Gasteiger partial charge in [-0.3, -0.25) is 4.79 Å². The lowest BCUT2D eigenvalue weighted by atomic mass is 10.0. The number of carbonyl (C=O) groups excluding carboxylic acids is 1. The number of aromatic carboxylic acids is 1. The fraction of sp³-hybridized carbons (Fsp3) is 0.100. The van der Waals surface area contributed by atoms with Crippen molar-refractivity contribution in [2.24, 2.45) is 0 Å². The quantitative estimate of drug-likeness (QED) is 0.633. The fourth-order valence-electron chi connectivity index (χ4n) is 2.55. The molecule has 3 aromatic rings. The van der Waals surface area contributed by atoms with Crippen molar-refractivity contribution in [3.8, 4) is 16.9 Å². The molecule has 2 N–H and O–H groups in total. The van der Waals surface area contributed by atoms with E-state index in [9.17, 15) is 19.1 Å². The lowest BCUT2D eigenvalue weighted by Gasteiger charge is -2.07. The maximum Gasteiger partial charge on any atom is 0.339 e. The molecule has 1 aromatic heterocycles. The summed E-state index contributed by atoms with van der Waals surface area (Å²) in [7, 11) is 0. The van der Waals surface area contributed by atoms with Crippen LogP contribution in [0.2, 0.25) is 0 Å². The van der Waals surface area contributed by atoms with Gasteiger partial charge in [0.25, 0.3) is 5.91 Å². The average molecular weight is 385 g/mol. The number of anilines is 1. The predicted octanol–water partition coefficient (Wildman–Crippen LogP) is 4.90. The highest BCUT2D eigenvalue weighted by atomic mass is 32.1. The maximum absolute atomic E-state index is 13.0. The summed E-state index contributed by atoms with van der Waals surface area (Å²) in [6.07, 6.45) is 0. The van der Waals surface area contributed by atoms with Crippen molar-refractivity contribution in [3.05, 3.63) is 70.9 Å². The molecule has 0 spiro atoms. The summed E-state index contributed by atoms with van der Waals surface area (Å²) in [5.74, 6) is -1.41. The molecule has 138 valence electrons. The number of rotatable bonds is 6. The van der Waals surface area contributed by atoms with Crippen LogP contribution in [0.4, 0.5) is 9.39 Å². The number of carboxylic acids is 1. The topological polar surface area (TPSA) is 75.6 Å². The van der Waals surface area contributed by atoms with Crippen LogP contribution in [0.15, 0.2) is 53.9 Å². The first-order valence-corrected chi connectivity index (χ1v) is 9.02. The third-order valence-electron chi connectivity index (χ3n) is 3.81. The minimum absolute atomic E-state index is 0.0135. The zero-order chi connectivity index (χ0) is 19.4. The third-order valence-corrected chi connectivity index (χ3v) is 4.71. The van der Waals surface area contributed by atoms with Gasteiger partial charge in [-0.2, -0.15) is 0 Å². The summed E-state index contributed by atoms with van der Waals surface area (Å²) < 4.78 is 18.4. The van der Waals surface area contributed by atoms with Gasteiger partial charge in [-0.15, -0.1) is 11.3 Å². The molecule has 0 atom stereocenters. The number of ether oxygens (including phenoxy) is 1. The molecule has 0 saturated carbocycles. The number of nitrogens with one attached hydrogen (secondary N) is 1. The lowest BCUT2D eigenvalue weighted by molar-refractivity contribution is 0.0699. The Morgan fingerprint density at radius 2 is 1.78 bits per heavy atom. The highest BCUT2D eigenvalue weighted by Gasteiger charge is 2.21. The van der Waals surface area contributed by atoms with Gasteiger partial charge in [-0.05, 0) is 48.9 Å². The molecule has 3 rings (SSSR count). The van der Waals surface area contributed by atoms with Crippen LogP contribution in [-0.4, -0.2) is 23.6 Å². The molecule has 0 bridgehead atoms. The van der Waals surface area contributed by atoms with E-state index in [1.165, 1.54) is 24.3 Å². The van der Waals surface area contributed by atoms with Gasteiger partial charge in [-0.25, -0.2) is 9.18 Å². The molecular formula is C20H16FNO4S. The fourth-order valence-corrected chi connectivity index (χ4v) is 3.50. The molecule has 0 aliphatic carbocycles. The van der Waals surface area contributed by atoms with E-state index in [0.717, 1.165) is 11.3 Å². The number of benzene rings is 2. The minimum Gasteiger partial charge on any atom is -0.494 e. The van der Waals surface area contributed by atoms with Gasteiger partial charge < -0.3 is 15.2 Å². The van der Waals surface area contributed by atoms with Crippen molar-refractivity contribution >= 4 is 28.2 Å². The summed E-state index contributed by atoms with van der Waals surface area (Å²) >= 11 is 1.12. The maximum atomic E-state index is 13.0. The van der Waals surface area contributed by atoms with E-state index in [1.54, 1.807) is 29.6 Å². The average Bonchev–Trinajstić information content (AvgIpc) is 3.07. The van der Waals surface area contributed by atoms with Gasteiger partial charge in [0.15, 0.2) is 0 Å². The van der Waals surface area contributed by atoms with Crippen LogP contribution in [0.25, 0.3) is 11.1 Å². The first-order chi connectivity index (χ1) is 13.0. The van der Waals surface area contributed by atoms with Crippen LogP contribution < -0.4 is 10.1 Å². The van der Waals surface area contributed by atoms with E-state index in [-0.39, 0.29) is 16.1 Å². The standard InChI is InChI=1S/C20H16FNO4S/c1-2-26-15-9-5-12(6-10-15)16-11-27-19(17(16)20(24)25)22-18(23)13-3-7-14(21)8-4-13/h3-11H,2H2,1H3,(H,22,23)(H,24,25). The number of halogens is 1. The van der Waals surface area contributed by atoms with E-state index in [2.05, 4.69) is 5.32 Å². The minimum atomic E-state index is -1.14. The highest BCUT2D eigenvalue weighted by molar-refractivity contribution is 7.15. The second kappa shape index (κ2) is 8.01. The summed E-state index contributed by atoms with van der Waals surface area (Å²) in [5, 5.41) is 14.1. The normalized spacial score (nSPS) is 10.4. The smallest absolute Gasteiger partial charge is 0.339 e. The van der Waals surface area contributed by atoms with Crippen molar-refractivity contribution in [2.75, 3.05) is 11.9 Å². The molecule has 0 fully saturated rings. The Kier molecular flexibility index (Phi) is 5.52. The lowest BCUT2D eigenvalue weighted by Crippen LogP contribution is -2.13. The first-order valence-electron chi connectivity index (χ1n) is 8.14. The number of carbonyl (C=O) groups is 2. The van der Waals surface area contributed by atoms with Crippen molar-refractivity contribution in [1.82, 2.24) is 0 Å². The molecule has 0 aliphatic rings. The highest BCUT2D eigenvalue weighted by Crippen LogP contribution is 2.36. The Morgan fingerprint density at radius 3 is 2.37 bits per heavy atom. The Hall–Kier alpha value is -3.19. The van der Waals surface area contributed by atoms with Crippen LogP contribution in [0.5, 0.6) is 5.75 Å². The molecule has 0 saturated heterocycles. The van der Waals surface area contributed by atoms with Gasteiger partial charge in [0.2, 0.25) is 0 Å². The van der Waals surface area contributed by atoms with Gasteiger partial charge in [0.1, 0.15) is 22.1 Å². The van der Waals surface area contributed by atoms with Gasteiger partial charge in [0.05, 0.1) is 6.61 Å². The molecule has 2 aromatic carbocycles. The number of hydrogen-bond acceptors (Lipinski definition) is 4. The van der Waals surface area contributed by atoms with Gasteiger partial charge in [-0.1, -0.05) is 12.1 Å². The SMILES string of the molecule is CCOc1ccc(-c2csc(NC(=O)c3ccc(F)cc3)c2C(=O)O)cc1. The summed E-state index contributed by atoms with van der Waals surface area (Å²) in [6, 6.07) is 12.1. The molecule has 5 nitrogen and oxygen atoms in total. The zero-order valence-corrected chi connectivity index (χ0v) is 15.2. The second-order valence-corrected chi connectivity index (χ2v) is 6.46. The summed E-state index contributed by atoms with van der Waals surface area (Å²) in [5.41, 5.74) is 1.46. The van der Waals surface area contributed by atoms with Gasteiger partial charge >= 0.3 is 5.97 Å². The molecular weight excluding hydrogens is 369 g/mol. The van der Waals surface area contributed by atoms with Crippen LogP contribution in [0.3, 0.4) is 0 Å². The number of hydrogen-bond donors (Lipinski definition) is 2. The van der Waals surface area contributed by atoms with E-state index >= 15 is 0 Å². The zero-order valence-electron chi connectivity index (χ0n) is 14.4. The second-order valence-electron chi connectivity index (χ2n) is 5.58. The Balaban J connectivity index is 1.90. The molecule has 0 radical (unpaired) electrons.